The molecule has 1 aromatic carbocycles. The van der Waals surface area contributed by atoms with Gasteiger partial charge in [0.05, 0.1) is 11.5 Å². The molecule has 0 bridgehead atoms. The van der Waals surface area contributed by atoms with E-state index in [1.54, 1.807) is 12.1 Å². The van der Waals surface area contributed by atoms with E-state index in [0.29, 0.717) is 5.69 Å². The maximum atomic E-state index is 12.2. The smallest absolute Gasteiger partial charge is 0.271 e. The first kappa shape index (κ1) is 20.0. The van der Waals surface area contributed by atoms with Gasteiger partial charge in [0.1, 0.15) is 5.82 Å². The highest BCUT2D eigenvalue weighted by atomic mass is 16.6. The zero-order chi connectivity index (χ0) is 19.9. The molecule has 2 heterocycles. The number of hydrogen-bond donors (Lipinski definition) is 1. The van der Waals surface area contributed by atoms with Gasteiger partial charge in [-0.2, -0.15) is 0 Å². The van der Waals surface area contributed by atoms with Crippen molar-refractivity contribution in [2.24, 2.45) is 0 Å². The number of anilines is 1. The first-order chi connectivity index (χ1) is 13.5. The Kier molecular flexibility index (Phi) is 6.72. The second kappa shape index (κ2) is 9.43. The summed E-state index contributed by atoms with van der Waals surface area (Å²) in [6, 6.07) is 6.00. The fraction of sp³-hybridized carbons (Fsp3) is 0.474. The van der Waals surface area contributed by atoms with Crippen LogP contribution in [0.5, 0.6) is 0 Å². The van der Waals surface area contributed by atoms with E-state index >= 15 is 0 Å². The zero-order valence-electron chi connectivity index (χ0n) is 16.1. The van der Waals surface area contributed by atoms with Crippen LogP contribution in [0.3, 0.4) is 0 Å². The molecule has 9 heteroatoms. The van der Waals surface area contributed by atoms with E-state index in [1.807, 2.05) is 12.4 Å². The average molecular weight is 386 g/mol. The second-order valence-electron chi connectivity index (χ2n) is 6.86. The highest BCUT2D eigenvalue weighted by Crippen LogP contribution is 2.17. The molecule has 2 aromatic rings. The van der Waals surface area contributed by atoms with Crippen molar-refractivity contribution in [3.8, 4) is 0 Å². The number of amides is 1. The molecule has 0 saturated carbocycles. The largest absolute Gasteiger partial charge is 0.334 e. The first-order valence-electron chi connectivity index (χ1n) is 9.54. The van der Waals surface area contributed by atoms with E-state index in [-0.39, 0.29) is 18.1 Å². The van der Waals surface area contributed by atoms with Gasteiger partial charge < -0.3 is 9.88 Å². The third-order valence-electron chi connectivity index (χ3n) is 4.95. The predicted molar refractivity (Wildman–Crippen MR) is 106 cm³/mol. The number of aryl methyl sites for hydroxylation is 1. The van der Waals surface area contributed by atoms with E-state index in [9.17, 15) is 14.9 Å². The maximum absolute atomic E-state index is 12.2. The van der Waals surface area contributed by atoms with E-state index in [4.69, 9.17) is 0 Å². The minimum Gasteiger partial charge on any atom is -0.334 e. The van der Waals surface area contributed by atoms with Gasteiger partial charge in [0, 0.05) is 75.9 Å². The number of non-ortho nitro benzene ring substituents is 1. The van der Waals surface area contributed by atoms with Gasteiger partial charge in [-0.15, -0.1) is 0 Å². The molecule has 0 aliphatic carbocycles. The molecule has 0 spiro atoms. The molecule has 0 unspecified atom stereocenters. The number of rotatable bonds is 8. The number of aromatic nitrogens is 2. The van der Waals surface area contributed by atoms with Crippen LogP contribution in [-0.4, -0.2) is 69.4 Å². The minimum atomic E-state index is -0.470. The van der Waals surface area contributed by atoms with Crippen LogP contribution < -0.4 is 5.32 Å². The van der Waals surface area contributed by atoms with Crippen LogP contribution in [0.25, 0.3) is 0 Å². The first-order valence-corrected chi connectivity index (χ1v) is 9.54. The van der Waals surface area contributed by atoms with Crippen molar-refractivity contribution in [1.29, 1.82) is 0 Å². The summed E-state index contributed by atoms with van der Waals surface area (Å²) in [5, 5.41) is 13.6. The molecule has 0 atom stereocenters. The van der Waals surface area contributed by atoms with E-state index in [2.05, 4.69) is 31.6 Å². The fourth-order valence-corrected chi connectivity index (χ4v) is 3.38. The molecule has 1 saturated heterocycles. The Balaban J connectivity index is 1.41. The van der Waals surface area contributed by atoms with Crippen molar-refractivity contribution >= 4 is 17.3 Å². The number of nitrogens with zero attached hydrogens (tertiary/aromatic N) is 5. The number of nitro benzene ring substituents is 1. The molecule has 1 amide bonds. The van der Waals surface area contributed by atoms with Crippen molar-refractivity contribution in [2.75, 3.05) is 44.6 Å². The van der Waals surface area contributed by atoms with Crippen LogP contribution in [0.15, 0.2) is 36.7 Å². The van der Waals surface area contributed by atoms with Gasteiger partial charge in [-0.05, 0) is 6.07 Å². The second-order valence-corrected chi connectivity index (χ2v) is 6.86. The van der Waals surface area contributed by atoms with E-state index in [1.165, 1.54) is 12.1 Å². The van der Waals surface area contributed by atoms with Crippen LogP contribution >= 0.6 is 0 Å². The number of nitrogens with one attached hydrogen (secondary N) is 1. The third-order valence-corrected chi connectivity index (χ3v) is 4.95. The number of carbonyl (C=O) groups is 1. The fourth-order valence-electron chi connectivity index (χ4n) is 3.38. The summed E-state index contributed by atoms with van der Waals surface area (Å²) >= 11 is 0. The summed E-state index contributed by atoms with van der Waals surface area (Å²) in [7, 11) is 0. The number of imidazole rings is 1. The van der Waals surface area contributed by atoms with Gasteiger partial charge in [0.2, 0.25) is 5.91 Å². The Bertz CT molecular complexity index is 814. The van der Waals surface area contributed by atoms with Crippen LogP contribution in [0.2, 0.25) is 0 Å². The molecule has 1 fully saturated rings. The van der Waals surface area contributed by atoms with Crippen molar-refractivity contribution in [3.63, 3.8) is 0 Å². The SMILES string of the molecule is CCc1nccn1CCN1CCN(CC(=O)Nc2cccc([N+](=O)[O-])c2)CC1. The van der Waals surface area contributed by atoms with Crippen molar-refractivity contribution in [2.45, 2.75) is 19.9 Å². The number of hydrogen-bond acceptors (Lipinski definition) is 6. The molecule has 9 nitrogen and oxygen atoms in total. The molecule has 1 aromatic heterocycles. The summed E-state index contributed by atoms with van der Waals surface area (Å²) in [6.45, 7) is 7.78. The van der Waals surface area contributed by atoms with Crippen molar-refractivity contribution in [1.82, 2.24) is 19.4 Å². The third kappa shape index (κ3) is 5.37. The van der Waals surface area contributed by atoms with Gasteiger partial charge in [-0.3, -0.25) is 24.7 Å². The van der Waals surface area contributed by atoms with Crippen molar-refractivity contribution in [3.05, 3.63) is 52.6 Å². The monoisotopic (exact) mass is 386 g/mol. The van der Waals surface area contributed by atoms with Gasteiger partial charge in [-0.1, -0.05) is 13.0 Å². The van der Waals surface area contributed by atoms with E-state index < -0.39 is 4.92 Å². The number of piperazine rings is 1. The lowest BCUT2D eigenvalue weighted by molar-refractivity contribution is -0.384. The topological polar surface area (TPSA) is 96.5 Å². The maximum Gasteiger partial charge on any atom is 0.271 e. The molecule has 3 rings (SSSR count). The summed E-state index contributed by atoms with van der Waals surface area (Å²) < 4.78 is 2.19. The Hall–Kier alpha value is -2.78. The summed E-state index contributed by atoms with van der Waals surface area (Å²) in [4.78, 5) is 31.5. The zero-order valence-corrected chi connectivity index (χ0v) is 16.1. The molecule has 1 N–H and O–H groups in total. The van der Waals surface area contributed by atoms with Crippen molar-refractivity contribution < 1.29 is 9.72 Å². The number of carbonyl (C=O) groups excluding carboxylic acids is 1. The Morgan fingerprint density at radius 2 is 1.96 bits per heavy atom. The molecule has 150 valence electrons. The lowest BCUT2D eigenvalue weighted by Gasteiger charge is -2.34. The predicted octanol–water partition coefficient (Wildman–Crippen LogP) is 1.61. The summed E-state index contributed by atoms with van der Waals surface area (Å²) in [5.41, 5.74) is 0.417. The minimum absolute atomic E-state index is 0.0319. The molecule has 1 aliphatic rings. The summed E-state index contributed by atoms with van der Waals surface area (Å²) in [5.74, 6) is 0.955. The molecule has 28 heavy (non-hydrogen) atoms. The summed E-state index contributed by atoms with van der Waals surface area (Å²) in [6.07, 6.45) is 4.80. The lowest BCUT2D eigenvalue weighted by atomic mass is 10.2. The standard InChI is InChI=1S/C19H26N6O3/c1-2-18-20-6-7-24(18)13-12-22-8-10-23(11-9-22)15-19(26)21-16-4-3-5-17(14-16)25(27)28/h3-7,14H,2,8-13,15H2,1H3,(H,21,26). The highest BCUT2D eigenvalue weighted by molar-refractivity contribution is 5.92. The number of nitro groups is 1. The lowest BCUT2D eigenvalue weighted by Crippen LogP contribution is -2.49. The van der Waals surface area contributed by atoms with Gasteiger partial charge in [0.15, 0.2) is 0 Å². The Morgan fingerprint density at radius 3 is 2.68 bits per heavy atom. The van der Waals surface area contributed by atoms with Crippen LogP contribution in [0, 0.1) is 10.1 Å². The molecule has 1 aliphatic heterocycles. The number of benzene rings is 1. The average Bonchev–Trinajstić information content (AvgIpc) is 3.15. The van der Waals surface area contributed by atoms with Crippen LogP contribution in [-0.2, 0) is 17.8 Å². The quantitative estimate of drug-likeness (QED) is 0.547. The molecular weight excluding hydrogens is 360 g/mol. The Morgan fingerprint density at radius 1 is 1.21 bits per heavy atom. The van der Waals surface area contributed by atoms with Crippen LogP contribution in [0.4, 0.5) is 11.4 Å². The highest BCUT2D eigenvalue weighted by Gasteiger charge is 2.19. The molecular formula is C19H26N6O3. The van der Waals surface area contributed by atoms with Gasteiger partial charge in [-0.25, -0.2) is 4.98 Å². The Labute approximate surface area is 164 Å². The van der Waals surface area contributed by atoms with Crippen LogP contribution in [0.1, 0.15) is 12.7 Å². The molecule has 0 radical (unpaired) electrons. The van der Waals surface area contributed by atoms with Gasteiger partial charge >= 0.3 is 0 Å². The van der Waals surface area contributed by atoms with E-state index in [0.717, 1.165) is 51.5 Å². The normalized spacial score (nSPS) is 15.5. The van der Waals surface area contributed by atoms with Gasteiger partial charge in [0.25, 0.3) is 5.69 Å².